The van der Waals surface area contributed by atoms with Gasteiger partial charge in [0.25, 0.3) is 0 Å². The summed E-state index contributed by atoms with van der Waals surface area (Å²) in [6.07, 6.45) is 75.2. The van der Waals surface area contributed by atoms with Gasteiger partial charge < -0.3 is 19.8 Å². The van der Waals surface area contributed by atoms with Gasteiger partial charge in [-0.15, -0.1) is 0 Å². The molecule has 0 fully saturated rings. The second-order valence-corrected chi connectivity index (χ2v) is 19.6. The van der Waals surface area contributed by atoms with Crippen LogP contribution in [0.2, 0.25) is 0 Å². The van der Waals surface area contributed by atoms with E-state index in [1.165, 1.54) is 51.4 Å². The lowest BCUT2D eigenvalue weighted by molar-refractivity contribution is -0.870. The number of likely N-dealkylation sites (N-methyl/N-ethyl adjacent to an activating group) is 1. The third kappa shape index (κ3) is 50.3. The Hall–Kier alpha value is -3.62. The molecule has 1 amide bonds. The highest BCUT2D eigenvalue weighted by Crippen LogP contribution is 2.43. The van der Waals surface area contributed by atoms with Crippen LogP contribution in [0, 0.1) is 0 Å². The minimum Gasteiger partial charge on any atom is -0.387 e. The average molecular weight is 962 g/mol. The molecule has 0 aliphatic heterocycles. The minimum atomic E-state index is -4.38. The molecule has 0 aliphatic carbocycles. The van der Waals surface area contributed by atoms with Gasteiger partial charge in [-0.05, 0) is 109 Å². The van der Waals surface area contributed by atoms with Crippen LogP contribution in [-0.4, -0.2) is 73.4 Å². The largest absolute Gasteiger partial charge is 0.472 e. The molecule has 0 spiro atoms. The molecule has 0 aromatic rings. The van der Waals surface area contributed by atoms with Crippen molar-refractivity contribution in [1.29, 1.82) is 0 Å². The highest BCUT2D eigenvalue weighted by atomic mass is 31.2. The number of allylic oxidation sites excluding steroid dienone is 23. The molecule has 0 aliphatic rings. The fourth-order valence-electron chi connectivity index (χ4n) is 6.42. The molecule has 384 valence electrons. The third-order valence-corrected chi connectivity index (χ3v) is 11.5. The Labute approximate surface area is 417 Å². The quantitative estimate of drug-likeness (QED) is 0.0243. The number of nitrogens with zero attached hydrogens (tertiary/aromatic N) is 1. The van der Waals surface area contributed by atoms with Crippen LogP contribution in [0.25, 0.3) is 0 Å². The number of carbonyl (C=O) groups excluding carboxylic acids is 1. The summed E-state index contributed by atoms with van der Waals surface area (Å²) in [6.45, 7) is 4.59. The molecule has 3 unspecified atom stereocenters. The summed E-state index contributed by atoms with van der Waals surface area (Å²) in [5, 5.41) is 13.8. The van der Waals surface area contributed by atoms with E-state index in [1.807, 2.05) is 27.2 Å². The summed E-state index contributed by atoms with van der Waals surface area (Å²) < 4.78 is 23.6. The number of aliphatic hydroxyl groups excluding tert-OH is 1. The Kier molecular flexibility index (Phi) is 45.8. The molecule has 0 saturated heterocycles. The van der Waals surface area contributed by atoms with Crippen LogP contribution in [0.1, 0.15) is 168 Å². The number of rotatable bonds is 45. The van der Waals surface area contributed by atoms with E-state index in [0.29, 0.717) is 17.4 Å². The number of nitrogens with one attached hydrogen (secondary N) is 1. The SMILES string of the molecule is CC/C=C\C/C=C\C/C=C\C/C=C\C/C=C\C/C=C\C/C=C\C/C=C\C/C=C\CCCC(=O)NC(COP(=O)(O)OCC[N+](C)(C)C)C(O)/C=C/CC/C=C/CC/C=C/CCCCCCCCC. The van der Waals surface area contributed by atoms with Crippen LogP contribution in [0.5, 0.6) is 0 Å². The van der Waals surface area contributed by atoms with Gasteiger partial charge in [-0.2, -0.15) is 0 Å². The molecule has 3 atom stereocenters. The van der Waals surface area contributed by atoms with Crippen LogP contribution in [0.4, 0.5) is 0 Å². The normalized spacial score (nSPS) is 15.2. The van der Waals surface area contributed by atoms with Gasteiger partial charge in [0.1, 0.15) is 13.2 Å². The average Bonchev–Trinajstić information content (AvgIpc) is 3.30. The van der Waals surface area contributed by atoms with Crippen molar-refractivity contribution in [3.63, 3.8) is 0 Å². The third-order valence-electron chi connectivity index (χ3n) is 10.5. The molecule has 0 saturated carbocycles. The number of amides is 1. The maximum absolute atomic E-state index is 12.9. The molecule has 0 aromatic carbocycles. The predicted octanol–water partition coefficient (Wildman–Crippen LogP) is 15.7. The minimum absolute atomic E-state index is 0.0336. The Bertz CT molecular complexity index is 1610. The lowest BCUT2D eigenvalue weighted by atomic mass is 10.1. The molecule has 8 nitrogen and oxygen atoms in total. The maximum Gasteiger partial charge on any atom is 0.472 e. The van der Waals surface area contributed by atoms with Gasteiger partial charge in [-0.25, -0.2) is 4.57 Å². The van der Waals surface area contributed by atoms with E-state index in [4.69, 9.17) is 9.05 Å². The zero-order valence-electron chi connectivity index (χ0n) is 43.5. The van der Waals surface area contributed by atoms with E-state index in [0.717, 1.165) is 89.9 Å². The number of phosphoric acid groups is 1. The van der Waals surface area contributed by atoms with E-state index in [-0.39, 0.29) is 25.5 Å². The molecular formula is C59H98N2O6P+. The zero-order valence-corrected chi connectivity index (χ0v) is 44.4. The van der Waals surface area contributed by atoms with Crippen molar-refractivity contribution in [3.8, 4) is 0 Å². The summed E-state index contributed by atoms with van der Waals surface area (Å²) in [4.78, 5) is 23.2. The summed E-state index contributed by atoms with van der Waals surface area (Å²) in [5.41, 5.74) is 0. The van der Waals surface area contributed by atoms with Gasteiger partial charge in [-0.1, -0.05) is 198 Å². The Balaban J connectivity index is 4.50. The van der Waals surface area contributed by atoms with E-state index < -0.39 is 20.0 Å². The van der Waals surface area contributed by atoms with Gasteiger partial charge >= 0.3 is 7.82 Å². The second-order valence-electron chi connectivity index (χ2n) is 18.1. The molecule has 0 bridgehead atoms. The van der Waals surface area contributed by atoms with E-state index >= 15 is 0 Å². The fraction of sp³-hybridized carbons (Fsp3) is 0.576. The Morgan fingerprint density at radius 2 is 0.897 bits per heavy atom. The monoisotopic (exact) mass is 962 g/mol. The number of hydrogen-bond donors (Lipinski definition) is 3. The standard InChI is InChI=1S/C59H97N2O6P/c1-6-8-10-12-14-16-18-20-22-24-25-26-27-28-29-30-31-32-33-34-35-37-39-41-43-45-47-49-51-53-59(63)60-57(56-67-68(64,65)66-55-54-61(3,4)5)58(62)52-50-48-46-44-42-40-38-36-23-21-19-17-15-13-11-9-7-2/h8,10,14,16,20,22-23,25-26,28-29,31-32,34-36,39,41-42,44-45,47,50,52,57-58,62H,6-7,9,11-13,15,17-19,21,24,27,30,33,37-38,40,43,46,48-49,51,53-56H2,1-5H3,(H-,60,63,64,65)/p+1/b10-8-,16-14-,22-20-,26-25-,29-28-,32-31-,35-34-,36-23+,41-39-,44-42+,47-45-,52-50+. The van der Waals surface area contributed by atoms with Gasteiger partial charge in [0, 0.05) is 6.42 Å². The number of quaternary nitrogens is 1. The maximum atomic E-state index is 12.9. The lowest BCUT2D eigenvalue weighted by Gasteiger charge is -2.25. The number of phosphoric ester groups is 1. The topological polar surface area (TPSA) is 105 Å². The lowest BCUT2D eigenvalue weighted by Crippen LogP contribution is -2.45. The number of aliphatic hydroxyl groups is 1. The molecule has 0 aromatic heterocycles. The van der Waals surface area contributed by atoms with Crippen molar-refractivity contribution in [2.75, 3.05) is 40.9 Å². The van der Waals surface area contributed by atoms with Crippen molar-refractivity contribution < 1.29 is 32.9 Å². The van der Waals surface area contributed by atoms with Crippen LogP contribution in [0.15, 0.2) is 146 Å². The van der Waals surface area contributed by atoms with Crippen molar-refractivity contribution in [2.24, 2.45) is 0 Å². The van der Waals surface area contributed by atoms with Crippen LogP contribution < -0.4 is 5.32 Å². The van der Waals surface area contributed by atoms with Crippen molar-refractivity contribution in [2.45, 2.75) is 180 Å². The first-order chi connectivity index (χ1) is 33.0. The van der Waals surface area contributed by atoms with Crippen molar-refractivity contribution >= 4 is 13.7 Å². The Morgan fingerprint density at radius 3 is 1.35 bits per heavy atom. The van der Waals surface area contributed by atoms with E-state index in [9.17, 15) is 19.4 Å². The molecule has 0 radical (unpaired) electrons. The number of hydrogen-bond acceptors (Lipinski definition) is 5. The molecule has 0 rings (SSSR count). The van der Waals surface area contributed by atoms with Gasteiger partial charge in [0.15, 0.2) is 0 Å². The highest BCUT2D eigenvalue weighted by Gasteiger charge is 2.27. The molecule has 68 heavy (non-hydrogen) atoms. The van der Waals surface area contributed by atoms with E-state index in [1.54, 1.807) is 6.08 Å². The first kappa shape index (κ1) is 64.4. The first-order valence-corrected chi connectivity index (χ1v) is 27.7. The van der Waals surface area contributed by atoms with Crippen LogP contribution in [-0.2, 0) is 18.4 Å². The molecule has 0 heterocycles. The van der Waals surface area contributed by atoms with E-state index in [2.05, 4.69) is 153 Å². The van der Waals surface area contributed by atoms with Gasteiger partial charge in [0.05, 0.1) is 39.9 Å². The van der Waals surface area contributed by atoms with Gasteiger partial charge in [0.2, 0.25) is 5.91 Å². The predicted molar refractivity (Wildman–Crippen MR) is 294 cm³/mol. The first-order valence-electron chi connectivity index (χ1n) is 26.2. The zero-order chi connectivity index (χ0) is 49.9. The Morgan fingerprint density at radius 1 is 0.515 bits per heavy atom. The smallest absolute Gasteiger partial charge is 0.387 e. The highest BCUT2D eigenvalue weighted by molar-refractivity contribution is 7.47. The summed E-state index contributed by atoms with van der Waals surface area (Å²) in [7, 11) is 1.48. The summed E-state index contributed by atoms with van der Waals surface area (Å²) >= 11 is 0. The van der Waals surface area contributed by atoms with Crippen molar-refractivity contribution in [1.82, 2.24) is 5.32 Å². The molecular weight excluding hydrogens is 864 g/mol. The van der Waals surface area contributed by atoms with Crippen LogP contribution in [0.3, 0.4) is 0 Å². The summed E-state index contributed by atoms with van der Waals surface area (Å²) in [6, 6.07) is -0.912. The fourth-order valence-corrected chi connectivity index (χ4v) is 7.16. The second kappa shape index (κ2) is 48.4. The molecule has 3 N–H and O–H groups in total. The molecule has 9 heteroatoms. The van der Waals surface area contributed by atoms with Crippen molar-refractivity contribution in [3.05, 3.63) is 146 Å². The number of carbonyl (C=O) groups is 1. The van der Waals surface area contributed by atoms with Crippen LogP contribution >= 0.6 is 7.82 Å². The summed E-state index contributed by atoms with van der Waals surface area (Å²) in [5.74, 6) is -0.256. The number of unbranched alkanes of at least 4 members (excludes halogenated alkanes) is 10. The van der Waals surface area contributed by atoms with Gasteiger partial charge in [-0.3, -0.25) is 13.8 Å².